The molecule has 0 aromatic heterocycles. The van der Waals surface area contributed by atoms with Crippen LogP contribution in [0.4, 0.5) is 5.69 Å². The second-order valence-corrected chi connectivity index (χ2v) is 3.76. The third-order valence-electron chi connectivity index (χ3n) is 2.37. The quantitative estimate of drug-likeness (QED) is 0.449. The monoisotopic (exact) mass is 284 g/mol. The summed E-state index contributed by atoms with van der Waals surface area (Å²) in [7, 11) is 1.33. The molecule has 0 bridgehead atoms. The Kier molecular flexibility index (Phi) is 5.73. The summed E-state index contributed by atoms with van der Waals surface area (Å²) >= 11 is 0. The number of methoxy groups -OCH3 is 1. The van der Waals surface area contributed by atoms with E-state index in [1.54, 1.807) is 6.92 Å². The molecule has 0 aliphatic rings. The highest BCUT2D eigenvalue weighted by atomic mass is 16.6. The zero-order chi connectivity index (χ0) is 15.1. The van der Waals surface area contributed by atoms with E-state index in [0.717, 1.165) is 0 Å². The van der Waals surface area contributed by atoms with Crippen molar-refractivity contribution in [2.75, 3.05) is 20.3 Å². The maximum absolute atomic E-state index is 11.3. The normalized spacial score (nSPS) is 11.6. The molecule has 0 aliphatic carbocycles. The van der Waals surface area contributed by atoms with Crippen LogP contribution < -0.4 is 15.2 Å². The number of nitrogens with two attached hydrogens (primary N) is 1. The van der Waals surface area contributed by atoms with Crippen molar-refractivity contribution in [3.8, 4) is 11.5 Å². The van der Waals surface area contributed by atoms with Crippen molar-refractivity contribution in [2.24, 2.45) is 5.73 Å². The van der Waals surface area contributed by atoms with Crippen LogP contribution in [-0.4, -0.2) is 37.3 Å². The van der Waals surface area contributed by atoms with Gasteiger partial charge in [0.2, 0.25) is 0 Å². The number of carbonyl (C=O) groups excluding carboxylic acids is 1. The van der Waals surface area contributed by atoms with Crippen LogP contribution in [-0.2, 0) is 9.53 Å². The molecule has 8 heteroatoms. The van der Waals surface area contributed by atoms with Crippen LogP contribution in [0.5, 0.6) is 11.5 Å². The SMILES string of the molecule is CCOC(=O)C(N)COc1ccc(OC)c([N+](=O)[O-])c1. The average molecular weight is 284 g/mol. The molecule has 1 atom stereocenters. The highest BCUT2D eigenvalue weighted by molar-refractivity contribution is 5.75. The van der Waals surface area contributed by atoms with Crippen LogP contribution in [0.15, 0.2) is 18.2 Å². The Labute approximate surface area is 115 Å². The lowest BCUT2D eigenvalue weighted by molar-refractivity contribution is -0.385. The third kappa shape index (κ3) is 4.09. The lowest BCUT2D eigenvalue weighted by Gasteiger charge is -2.12. The van der Waals surface area contributed by atoms with Crippen LogP contribution in [0, 0.1) is 10.1 Å². The summed E-state index contributed by atoms with van der Waals surface area (Å²) in [6.07, 6.45) is 0. The van der Waals surface area contributed by atoms with Gasteiger partial charge in [0.15, 0.2) is 5.75 Å². The van der Waals surface area contributed by atoms with Gasteiger partial charge in [-0.3, -0.25) is 14.9 Å². The summed E-state index contributed by atoms with van der Waals surface area (Å²) in [4.78, 5) is 21.5. The summed E-state index contributed by atoms with van der Waals surface area (Å²) in [5, 5.41) is 10.8. The number of rotatable bonds is 7. The maximum Gasteiger partial charge on any atom is 0.326 e. The first-order valence-electron chi connectivity index (χ1n) is 5.87. The van der Waals surface area contributed by atoms with E-state index < -0.39 is 16.9 Å². The molecule has 20 heavy (non-hydrogen) atoms. The molecule has 1 rings (SSSR count). The van der Waals surface area contributed by atoms with E-state index in [4.69, 9.17) is 19.9 Å². The molecule has 0 saturated carbocycles. The Morgan fingerprint density at radius 1 is 1.50 bits per heavy atom. The Morgan fingerprint density at radius 3 is 2.75 bits per heavy atom. The molecule has 0 amide bonds. The smallest absolute Gasteiger partial charge is 0.326 e. The standard InChI is InChI=1S/C12H16N2O6/c1-3-19-12(15)9(13)7-20-8-4-5-11(18-2)10(6-8)14(16)17/h4-6,9H,3,7,13H2,1-2H3. The van der Waals surface area contributed by atoms with Crippen molar-refractivity contribution in [1.82, 2.24) is 0 Å². The van der Waals surface area contributed by atoms with Gasteiger partial charge in [-0.25, -0.2) is 0 Å². The summed E-state index contributed by atoms with van der Waals surface area (Å²) in [6.45, 7) is 1.75. The summed E-state index contributed by atoms with van der Waals surface area (Å²) in [5.41, 5.74) is 5.32. The number of ether oxygens (including phenoxy) is 3. The van der Waals surface area contributed by atoms with Gasteiger partial charge in [0, 0.05) is 0 Å². The lowest BCUT2D eigenvalue weighted by atomic mass is 10.2. The Hall–Kier alpha value is -2.35. The number of nitro groups is 1. The average Bonchev–Trinajstić information content (AvgIpc) is 2.44. The van der Waals surface area contributed by atoms with Gasteiger partial charge in [0.05, 0.1) is 24.7 Å². The van der Waals surface area contributed by atoms with E-state index in [0.29, 0.717) is 0 Å². The second-order valence-electron chi connectivity index (χ2n) is 3.76. The topological polar surface area (TPSA) is 114 Å². The molecular weight excluding hydrogens is 268 g/mol. The van der Waals surface area contributed by atoms with Crippen molar-refractivity contribution < 1.29 is 23.9 Å². The second kappa shape index (κ2) is 7.29. The van der Waals surface area contributed by atoms with Gasteiger partial charge in [0.25, 0.3) is 0 Å². The molecule has 0 saturated heterocycles. The predicted octanol–water partition coefficient (Wildman–Crippen LogP) is 0.873. The minimum Gasteiger partial charge on any atom is -0.491 e. The van der Waals surface area contributed by atoms with Crippen LogP contribution in [0.25, 0.3) is 0 Å². The van der Waals surface area contributed by atoms with Crippen LogP contribution in [0.1, 0.15) is 6.92 Å². The number of carbonyl (C=O) groups is 1. The molecular formula is C12H16N2O6. The first kappa shape index (κ1) is 15.7. The summed E-state index contributed by atoms with van der Waals surface area (Å²) < 4.78 is 14.8. The van der Waals surface area contributed by atoms with E-state index in [2.05, 4.69) is 0 Å². The van der Waals surface area contributed by atoms with Gasteiger partial charge in [-0.05, 0) is 19.1 Å². The van der Waals surface area contributed by atoms with Gasteiger partial charge in [0.1, 0.15) is 18.4 Å². The number of hydrogen-bond acceptors (Lipinski definition) is 7. The fourth-order valence-corrected chi connectivity index (χ4v) is 1.41. The van der Waals surface area contributed by atoms with Crippen molar-refractivity contribution in [3.63, 3.8) is 0 Å². The van der Waals surface area contributed by atoms with Crippen LogP contribution in [0.2, 0.25) is 0 Å². The zero-order valence-corrected chi connectivity index (χ0v) is 11.2. The predicted molar refractivity (Wildman–Crippen MR) is 69.8 cm³/mol. The van der Waals surface area contributed by atoms with E-state index in [9.17, 15) is 14.9 Å². The Balaban J connectivity index is 2.71. The zero-order valence-electron chi connectivity index (χ0n) is 11.2. The molecule has 1 aromatic carbocycles. The molecule has 2 N–H and O–H groups in total. The molecule has 1 aromatic rings. The molecule has 0 fully saturated rings. The van der Waals surface area contributed by atoms with E-state index in [-0.39, 0.29) is 30.4 Å². The molecule has 0 aliphatic heterocycles. The van der Waals surface area contributed by atoms with Crippen LogP contribution >= 0.6 is 0 Å². The number of hydrogen-bond donors (Lipinski definition) is 1. The van der Waals surface area contributed by atoms with E-state index in [1.807, 2.05) is 0 Å². The molecule has 0 radical (unpaired) electrons. The van der Waals surface area contributed by atoms with Crippen molar-refractivity contribution in [1.29, 1.82) is 0 Å². The summed E-state index contributed by atoms with van der Waals surface area (Å²) in [5.74, 6) is -0.246. The molecule has 8 nitrogen and oxygen atoms in total. The minimum atomic E-state index is -0.948. The van der Waals surface area contributed by atoms with Gasteiger partial charge < -0.3 is 19.9 Å². The number of esters is 1. The lowest BCUT2D eigenvalue weighted by Crippen LogP contribution is -2.37. The van der Waals surface area contributed by atoms with Gasteiger partial charge in [-0.1, -0.05) is 0 Å². The van der Waals surface area contributed by atoms with Crippen molar-refractivity contribution in [3.05, 3.63) is 28.3 Å². The Bertz CT molecular complexity index is 491. The first-order chi connectivity index (χ1) is 9.49. The van der Waals surface area contributed by atoms with Gasteiger partial charge in [-0.2, -0.15) is 0 Å². The molecule has 0 spiro atoms. The maximum atomic E-state index is 11.3. The van der Waals surface area contributed by atoms with Gasteiger partial charge in [-0.15, -0.1) is 0 Å². The number of benzene rings is 1. The van der Waals surface area contributed by atoms with Crippen LogP contribution in [0.3, 0.4) is 0 Å². The largest absolute Gasteiger partial charge is 0.491 e. The highest BCUT2D eigenvalue weighted by Crippen LogP contribution is 2.30. The van der Waals surface area contributed by atoms with Crippen molar-refractivity contribution >= 4 is 11.7 Å². The number of nitrogens with zero attached hydrogens (tertiary/aromatic N) is 1. The molecule has 0 heterocycles. The summed E-state index contributed by atoms with van der Waals surface area (Å²) in [6, 6.07) is 3.15. The minimum absolute atomic E-state index is 0.122. The van der Waals surface area contributed by atoms with Crippen molar-refractivity contribution in [2.45, 2.75) is 13.0 Å². The Morgan fingerprint density at radius 2 is 2.20 bits per heavy atom. The molecule has 110 valence electrons. The fraction of sp³-hybridized carbons (Fsp3) is 0.417. The number of nitro benzene ring substituents is 1. The van der Waals surface area contributed by atoms with Gasteiger partial charge >= 0.3 is 11.7 Å². The first-order valence-corrected chi connectivity index (χ1v) is 5.87. The van der Waals surface area contributed by atoms with E-state index in [1.165, 1.54) is 25.3 Å². The highest BCUT2D eigenvalue weighted by Gasteiger charge is 2.18. The molecule has 1 unspecified atom stereocenters. The third-order valence-corrected chi connectivity index (χ3v) is 2.37. The fourth-order valence-electron chi connectivity index (χ4n) is 1.41. The van der Waals surface area contributed by atoms with E-state index >= 15 is 0 Å².